The second kappa shape index (κ2) is 5.26. The Bertz CT molecular complexity index is 377. The third-order valence-corrected chi connectivity index (χ3v) is 2.34. The Labute approximate surface area is 81.0 Å². The summed E-state index contributed by atoms with van der Waals surface area (Å²) in [4.78, 5) is 2.65. The summed E-state index contributed by atoms with van der Waals surface area (Å²) < 4.78 is 0. The maximum Gasteiger partial charge on any atom is 0.0381 e. The molecule has 3 nitrogen and oxygen atoms in total. The van der Waals surface area contributed by atoms with Gasteiger partial charge in [-0.2, -0.15) is 11.3 Å². The molecule has 13 heavy (non-hydrogen) atoms. The standard InChI is InChI=1S/C9H9N3S/c1-8-6-13-7-9(8)4-2-3-5-11-12-10/h6-7H,3,5H2,1H3. The van der Waals surface area contributed by atoms with Crippen molar-refractivity contribution < 1.29 is 0 Å². The van der Waals surface area contributed by atoms with E-state index in [1.54, 1.807) is 11.3 Å². The molecule has 0 aliphatic heterocycles. The lowest BCUT2D eigenvalue weighted by Crippen LogP contribution is -1.75. The molecule has 0 aliphatic carbocycles. The van der Waals surface area contributed by atoms with Crippen molar-refractivity contribution in [3.05, 3.63) is 32.3 Å². The fraction of sp³-hybridized carbons (Fsp3) is 0.333. The minimum absolute atomic E-state index is 0.451. The van der Waals surface area contributed by atoms with Crippen LogP contribution < -0.4 is 0 Å². The van der Waals surface area contributed by atoms with Crippen LogP contribution >= 0.6 is 11.3 Å². The average molecular weight is 191 g/mol. The van der Waals surface area contributed by atoms with Gasteiger partial charge in [0.2, 0.25) is 0 Å². The summed E-state index contributed by atoms with van der Waals surface area (Å²) in [5, 5.41) is 7.48. The second-order valence-electron chi connectivity index (χ2n) is 2.47. The van der Waals surface area contributed by atoms with Gasteiger partial charge in [-0.15, -0.1) is 0 Å². The highest BCUT2D eigenvalue weighted by molar-refractivity contribution is 7.08. The van der Waals surface area contributed by atoms with Crippen LogP contribution in [0.2, 0.25) is 0 Å². The lowest BCUT2D eigenvalue weighted by molar-refractivity contribution is 1.01. The van der Waals surface area contributed by atoms with E-state index in [9.17, 15) is 0 Å². The fourth-order valence-corrected chi connectivity index (χ4v) is 1.58. The first kappa shape index (κ1) is 9.66. The Kier molecular flexibility index (Phi) is 3.90. The van der Waals surface area contributed by atoms with Gasteiger partial charge in [-0.3, -0.25) is 0 Å². The molecule has 0 saturated heterocycles. The van der Waals surface area contributed by atoms with E-state index in [0.29, 0.717) is 13.0 Å². The molecule has 0 radical (unpaired) electrons. The van der Waals surface area contributed by atoms with Crippen LogP contribution in [0.1, 0.15) is 17.5 Å². The molecular formula is C9H9N3S. The molecule has 0 N–H and O–H groups in total. The van der Waals surface area contributed by atoms with Gasteiger partial charge in [0, 0.05) is 28.8 Å². The zero-order valence-corrected chi connectivity index (χ0v) is 8.14. The van der Waals surface area contributed by atoms with E-state index in [1.807, 2.05) is 12.3 Å². The van der Waals surface area contributed by atoms with Gasteiger partial charge in [0.1, 0.15) is 0 Å². The molecule has 0 aliphatic rings. The Morgan fingerprint density at radius 1 is 1.62 bits per heavy atom. The molecule has 1 aromatic rings. The molecule has 66 valence electrons. The smallest absolute Gasteiger partial charge is 0.0381 e. The molecule has 0 spiro atoms. The van der Waals surface area contributed by atoms with Crippen molar-refractivity contribution in [3.8, 4) is 11.8 Å². The third kappa shape index (κ3) is 3.20. The number of rotatable bonds is 2. The Morgan fingerprint density at radius 2 is 2.46 bits per heavy atom. The van der Waals surface area contributed by atoms with E-state index in [2.05, 4.69) is 27.2 Å². The third-order valence-electron chi connectivity index (χ3n) is 1.48. The van der Waals surface area contributed by atoms with Crippen molar-refractivity contribution in [1.29, 1.82) is 0 Å². The summed E-state index contributed by atoms with van der Waals surface area (Å²) in [5.41, 5.74) is 10.3. The predicted molar refractivity (Wildman–Crippen MR) is 54.6 cm³/mol. The number of azide groups is 1. The van der Waals surface area contributed by atoms with Crippen LogP contribution in [-0.4, -0.2) is 6.54 Å². The van der Waals surface area contributed by atoms with Gasteiger partial charge in [-0.1, -0.05) is 17.0 Å². The second-order valence-corrected chi connectivity index (χ2v) is 3.22. The maximum absolute atomic E-state index is 8.01. The van der Waals surface area contributed by atoms with Gasteiger partial charge >= 0.3 is 0 Å². The van der Waals surface area contributed by atoms with E-state index in [-0.39, 0.29) is 0 Å². The molecule has 0 aromatic carbocycles. The van der Waals surface area contributed by atoms with Gasteiger partial charge in [0.15, 0.2) is 0 Å². The molecule has 4 heteroatoms. The van der Waals surface area contributed by atoms with Crippen LogP contribution in [0.3, 0.4) is 0 Å². The largest absolute Gasteiger partial charge is 0.151 e. The average Bonchev–Trinajstić information content (AvgIpc) is 2.52. The Morgan fingerprint density at radius 3 is 3.08 bits per heavy atom. The Balaban J connectivity index is 2.48. The molecule has 0 atom stereocenters. The first-order valence-corrected chi connectivity index (χ1v) is 4.81. The van der Waals surface area contributed by atoms with Gasteiger partial charge in [0.05, 0.1) is 0 Å². The molecule has 0 unspecified atom stereocenters. The topological polar surface area (TPSA) is 48.8 Å². The van der Waals surface area contributed by atoms with Gasteiger partial charge in [-0.05, 0) is 23.4 Å². The zero-order chi connectivity index (χ0) is 9.52. The highest BCUT2D eigenvalue weighted by atomic mass is 32.1. The first-order chi connectivity index (χ1) is 6.34. The van der Waals surface area contributed by atoms with Crippen LogP contribution in [-0.2, 0) is 0 Å². The number of aryl methyl sites for hydroxylation is 1. The first-order valence-electron chi connectivity index (χ1n) is 3.87. The molecule has 1 rings (SSSR count). The van der Waals surface area contributed by atoms with Crippen LogP contribution in [0.15, 0.2) is 15.9 Å². The van der Waals surface area contributed by atoms with Gasteiger partial charge in [0.25, 0.3) is 0 Å². The number of nitrogens with zero attached hydrogens (tertiary/aromatic N) is 3. The molecule has 0 amide bonds. The minimum atomic E-state index is 0.451. The normalized spacial score (nSPS) is 8.38. The van der Waals surface area contributed by atoms with Crippen molar-refractivity contribution in [2.75, 3.05) is 6.54 Å². The highest BCUT2D eigenvalue weighted by Crippen LogP contribution is 2.11. The summed E-state index contributed by atoms with van der Waals surface area (Å²) >= 11 is 1.65. The lowest BCUT2D eigenvalue weighted by atomic mass is 10.2. The Hall–Kier alpha value is -1.43. The molecular weight excluding hydrogens is 182 g/mol. The molecule has 1 aromatic heterocycles. The molecule has 0 bridgehead atoms. The van der Waals surface area contributed by atoms with E-state index >= 15 is 0 Å². The van der Waals surface area contributed by atoms with E-state index in [1.165, 1.54) is 5.56 Å². The van der Waals surface area contributed by atoms with Crippen LogP contribution in [0.25, 0.3) is 10.4 Å². The number of thiophene rings is 1. The number of hydrogen-bond acceptors (Lipinski definition) is 2. The maximum atomic E-state index is 8.01. The SMILES string of the molecule is Cc1cscc1C#CCCN=[N+]=[N-]. The van der Waals surface area contributed by atoms with Gasteiger partial charge < -0.3 is 0 Å². The summed E-state index contributed by atoms with van der Waals surface area (Å²) in [6, 6.07) is 0. The van der Waals surface area contributed by atoms with E-state index < -0.39 is 0 Å². The zero-order valence-electron chi connectivity index (χ0n) is 7.32. The fourth-order valence-electron chi connectivity index (χ4n) is 0.797. The summed E-state index contributed by atoms with van der Waals surface area (Å²) in [7, 11) is 0. The van der Waals surface area contributed by atoms with Crippen molar-refractivity contribution in [2.45, 2.75) is 13.3 Å². The predicted octanol–water partition coefficient (Wildman–Crippen LogP) is 3.11. The van der Waals surface area contributed by atoms with E-state index in [0.717, 1.165) is 5.56 Å². The van der Waals surface area contributed by atoms with Gasteiger partial charge in [-0.25, -0.2) is 0 Å². The lowest BCUT2D eigenvalue weighted by Gasteiger charge is -1.83. The van der Waals surface area contributed by atoms with Crippen molar-refractivity contribution >= 4 is 11.3 Å². The molecule has 0 fully saturated rings. The summed E-state index contributed by atoms with van der Waals surface area (Å²) in [6.45, 7) is 2.49. The summed E-state index contributed by atoms with van der Waals surface area (Å²) in [6.07, 6.45) is 0.624. The summed E-state index contributed by atoms with van der Waals surface area (Å²) in [5.74, 6) is 5.98. The van der Waals surface area contributed by atoms with E-state index in [4.69, 9.17) is 5.53 Å². The monoisotopic (exact) mass is 191 g/mol. The quantitative estimate of drug-likeness (QED) is 0.227. The minimum Gasteiger partial charge on any atom is -0.151 e. The van der Waals surface area contributed by atoms with Crippen molar-refractivity contribution in [1.82, 2.24) is 0 Å². The highest BCUT2D eigenvalue weighted by Gasteiger charge is 1.92. The van der Waals surface area contributed by atoms with Crippen molar-refractivity contribution in [2.24, 2.45) is 5.11 Å². The van der Waals surface area contributed by atoms with Crippen LogP contribution in [0.4, 0.5) is 0 Å². The van der Waals surface area contributed by atoms with Crippen molar-refractivity contribution in [3.63, 3.8) is 0 Å². The molecule has 0 saturated carbocycles. The van der Waals surface area contributed by atoms with Crippen LogP contribution in [0.5, 0.6) is 0 Å². The number of hydrogen-bond donors (Lipinski definition) is 0. The molecule has 1 heterocycles. The van der Waals surface area contributed by atoms with Crippen LogP contribution in [0, 0.1) is 18.8 Å².